The number of rotatable bonds is 10. The Kier molecular flexibility index (Phi) is 8.34. The maximum absolute atomic E-state index is 12.5. The van der Waals surface area contributed by atoms with Crippen LogP contribution in [0.4, 0.5) is 20.2 Å². The van der Waals surface area contributed by atoms with E-state index in [4.69, 9.17) is 4.74 Å². The van der Waals surface area contributed by atoms with Gasteiger partial charge in [0.2, 0.25) is 0 Å². The summed E-state index contributed by atoms with van der Waals surface area (Å²) in [4.78, 5) is 26.3. The van der Waals surface area contributed by atoms with Crippen LogP contribution in [0.3, 0.4) is 0 Å². The summed E-state index contributed by atoms with van der Waals surface area (Å²) in [7, 11) is 0. The number of hydrogen-bond donors (Lipinski definition) is 1. The Balaban J connectivity index is 2.04. The van der Waals surface area contributed by atoms with Gasteiger partial charge in [-0.1, -0.05) is 24.3 Å². The van der Waals surface area contributed by atoms with Crippen LogP contribution < -0.4 is 10.1 Å². The van der Waals surface area contributed by atoms with E-state index in [0.717, 1.165) is 5.57 Å². The molecule has 6 nitrogen and oxygen atoms in total. The fourth-order valence-electron chi connectivity index (χ4n) is 2.64. The number of ether oxygens (including phenoxy) is 2. The molecular weight excluding hydrogens is 394 g/mol. The molecule has 160 valence electrons. The lowest BCUT2D eigenvalue weighted by molar-refractivity contribution is -0.133. The van der Waals surface area contributed by atoms with E-state index >= 15 is 0 Å². The quantitative estimate of drug-likeness (QED) is 0.451. The number of likely N-dealkylation sites (N-methyl/N-ethyl adjacent to an activating group) is 1. The molecule has 0 fully saturated rings. The van der Waals surface area contributed by atoms with Gasteiger partial charge in [-0.3, -0.25) is 4.79 Å². The molecule has 0 saturated carbocycles. The summed E-state index contributed by atoms with van der Waals surface area (Å²) >= 11 is 0. The summed E-state index contributed by atoms with van der Waals surface area (Å²) < 4.78 is 34.0. The number of benzene rings is 2. The molecule has 0 saturated heterocycles. The first-order chi connectivity index (χ1) is 14.3. The highest BCUT2D eigenvalue weighted by atomic mass is 19.3. The van der Waals surface area contributed by atoms with E-state index in [-0.39, 0.29) is 23.8 Å². The van der Waals surface area contributed by atoms with Gasteiger partial charge < -0.3 is 19.7 Å². The van der Waals surface area contributed by atoms with Gasteiger partial charge in [0.15, 0.2) is 6.61 Å². The zero-order valence-electron chi connectivity index (χ0n) is 16.9. The molecule has 0 aliphatic carbocycles. The van der Waals surface area contributed by atoms with Crippen LogP contribution in [0, 0.1) is 0 Å². The molecule has 30 heavy (non-hydrogen) atoms. The van der Waals surface area contributed by atoms with Crippen molar-refractivity contribution < 1.29 is 27.8 Å². The van der Waals surface area contributed by atoms with Gasteiger partial charge in [0.25, 0.3) is 5.91 Å². The average molecular weight is 418 g/mol. The second kappa shape index (κ2) is 10.9. The molecular formula is C22H24F2N2O4. The SMILES string of the molecule is C=C(C)CN(CC)C(=O)COC(=O)c1ccccc1Nc1ccc(OC(F)F)cc1. The molecule has 0 spiro atoms. The van der Waals surface area contributed by atoms with Crippen molar-refractivity contribution in [2.75, 3.05) is 25.0 Å². The van der Waals surface area contributed by atoms with Crippen molar-refractivity contribution in [1.29, 1.82) is 0 Å². The van der Waals surface area contributed by atoms with Crippen LogP contribution in [0.15, 0.2) is 60.7 Å². The number of amides is 1. The lowest BCUT2D eigenvalue weighted by Crippen LogP contribution is -2.35. The highest BCUT2D eigenvalue weighted by molar-refractivity contribution is 5.97. The molecule has 1 amide bonds. The van der Waals surface area contributed by atoms with Crippen LogP contribution >= 0.6 is 0 Å². The minimum Gasteiger partial charge on any atom is -0.452 e. The third kappa shape index (κ3) is 6.88. The summed E-state index contributed by atoms with van der Waals surface area (Å²) in [6.45, 7) is 5.03. The van der Waals surface area contributed by atoms with Gasteiger partial charge in [0, 0.05) is 18.8 Å². The Morgan fingerprint density at radius 2 is 1.80 bits per heavy atom. The topological polar surface area (TPSA) is 67.9 Å². The molecule has 0 aliphatic heterocycles. The molecule has 0 radical (unpaired) electrons. The van der Waals surface area contributed by atoms with Crippen molar-refractivity contribution in [3.63, 3.8) is 0 Å². The molecule has 8 heteroatoms. The maximum atomic E-state index is 12.5. The van der Waals surface area contributed by atoms with E-state index < -0.39 is 12.6 Å². The smallest absolute Gasteiger partial charge is 0.387 e. The molecule has 0 aliphatic rings. The maximum Gasteiger partial charge on any atom is 0.387 e. The molecule has 0 bridgehead atoms. The van der Waals surface area contributed by atoms with Crippen molar-refractivity contribution in [2.45, 2.75) is 20.5 Å². The summed E-state index contributed by atoms with van der Waals surface area (Å²) in [5.74, 6) is -0.943. The number of nitrogens with zero attached hydrogens (tertiary/aromatic N) is 1. The van der Waals surface area contributed by atoms with Crippen LogP contribution in [0.5, 0.6) is 5.75 Å². The van der Waals surface area contributed by atoms with E-state index in [9.17, 15) is 18.4 Å². The predicted octanol–water partition coefficient (Wildman–Crippen LogP) is 4.61. The van der Waals surface area contributed by atoms with Crippen molar-refractivity contribution in [3.8, 4) is 5.75 Å². The predicted molar refractivity (Wildman–Crippen MR) is 110 cm³/mol. The van der Waals surface area contributed by atoms with Gasteiger partial charge in [-0.05, 0) is 50.2 Å². The van der Waals surface area contributed by atoms with E-state index in [2.05, 4.69) is 16.6 Å². The van der Waals surface area contributed by atoms with Gasteiger partial charge in [0.1, 0.15) is 5.75 Å². The van der Waals surface area contributed by atoms with Gasteiger partial charge in [-0.25, -0.2) is 4.79 Å². The molecule has 0 atom stereocenters. The summed E-state index contributed by atoms with van der Waals surface area (Å²) in [5, 5.41) is 3.03. The Hall–Kier alpha value is -3.42. The van der Waals surface area contributed by atoms with E-state index in [1.165, 1.54) is 12.1 Å². The van der Waals surface area contributed by atoms with E-state index in [1.54, 1.807) is 41.3 Å². The average Bonchev–Trinajstić information content (AvgIpc) is 2.71. The van der Waals surface area contributed by atoms with Gasteiger partial charge in [0.05, 0.1) is 11.3 Å². The largest absolute Gasteiger partial charge is 0.452 e. The minimum absolute atomic E-state index is 0.0250. The van der Waals surface area contributed by atoms with E-state index in [0.29, 0.717) is 24.5 Å². The number of hydrogen-bond acceptors (Lipinski definition) is 5. The molecule has 2 aromatic carbocycles. The Bertz CT molecular complexity index is 885. The van der Waals surface area contributed by atoms with Crippen molar-refractivity contribution >= 4 is 23.3 Å². The lowest BCUT2D eigenvalue weighted by Gasteiger charge is -2.21. The van der Waals surface area contributed by atoms with Crippen LogP contribution in [0.25, 0.3) is 0 Å². The second-order valence-electron chi connectivity index (χ2n) is 6.51. The summed E-state index contributed by atoms with van der Waals surface area (Å²) in [5.41, 5.74) is 2.08. The Morgan fingerprint density at radius 1 is 1.13 bits per heavy atom. The monoisotopic (exact) mass is 418 g/mol. The number of carbonyl (C=O) groups excluding carboxylic acids is 2. The van der Waals surface area contributed by atoms with Gasteiger partial charge >= 0.3 is 12.6 Å². The van der Waals surface area contributed by atoms with Crippen molar-refractivity contribution in [1.82, 2.24) is 4.90 Å². The number of para-hydroxylation sites is 1. The van der Waals surface area contributed by atoms with Gasteiger partial charge in [-0.15, -0.1) is 0 Å². The molecule has 0 aromatic heterocycles. The van der Waals surface area contributed by atoms with Crippen LogP contribution in [0.1, 0.15) is 24.2 Å². The Labute approximate surface area is 174 Å². The number of nitrogens with one attached hydrogen (secondary N) is 1. The second-order valence-corrected chi connectivity index (χ2v) is 6.51. The highest BCUT2D eigenvalue weighted by Gasteiger charge is 2.17. The molecule has 2 aromatic rings. The zero-order chi connectivity index (χ0) is 22.1. The number of halogens is 2. The van der Waals surface area contributed by atoms with Crippen molar-refractivity contribution in [3.05, 3.63) is 66.2 Å². The number of carbonyl (C=O) groups is 2. The molecule has 0 heterocycles. The van der Waals surface area contributed by atoms with E-state index in [1.807, 2.05) is 13.8 Å². The Morgan fingerprint density at radius 3 is 2.40 bits per heavy atom. The fraction of sp³-hybridized carbons (Fsp3) is 0.273. The minimum atomic E-state index is -2.90. The summed E-state index contributed by atoms with van der Waals surface area (Å²) in [6, 6.07) is 12.5. The lowest BCUT2D eigenvalue weighted by atomic mass is 10.1. The van der Waals surface area contributed by atoms with Crippen LogP contribution in [0.2, 0.25) is 0 Å². The number of alkyl halides is 2. The van der Waals surface area contributed by atoms with Crippen molar-refractivity contribution in [2.24, 2.45) is 0 Å². The standard InChI is InChI=1S/C22H24F2N2O4/c1-4-26(13-15(2)3)20(27)14-29-21(28)18-7-5-6-8-19(18)25-16-9-11-17(12-10-16)30-22(23)24/h5-12,22,25H,2,4,13-14H2,1,3H3. The molecule has 0 unspecified atom stereocenters. The van der Waals surface area contributed by atoms with Crippen LogP contribution in [-0.4, -0.2) is 43.1 Å². The molecule has 1 N–H and O–H groups in total. The molecule has 2 rings (SSSR count). The first kappa shape index (κ1) is 22.9. The summed E-state index contributed by atoms with van der Waals surface area (Å²) in [6.07, 6.45) is 0. The first-order valence-corrected chi connectivity index (χ1v) is 9.30. The third-order valence-electron chi connectivity index (χ3n) is 4.03. The fourth-order valence-corrected chi connectivity index (χ4v) is 2.64. The number of anilines is 2. The first-order valence-electron chi connectivity index (χ1n) is 9.30. The normalized spacial score (nSPS) is 10.4. The third-order valence-corrected chi connectivity index (χ3v) is 4.03. The zero-order valence-corrected chi connectivity index (χ0v) is 16.9. The highest BCUT2D eigenvalue weighted by Crippen LogP contribution is 2.24. The van der Waals surface area contributed by atoms with Crippen LogP contribution in [-0.2, 0) is 9.53 Å². The van der Waals surface area contributed by atoms with Gasteiger partial charge in [-0.2, -0.15) is 8.78 Å². The number of esters is 1.